The Labute approximate surface area is 97.9 Å². The normalized spacial score (nSPS) is 11.2. The third-order valence-electron chi connectivity index (χ3n) is 2.49. The predicted molar refractivity (Wildman–Crippen MR) is 69.0 cm³/mol. The van der Waals surface area contributed by atoms with Gasteiger partial charge in [-0.25, -0.2) is 0 Å². The van der Waals surface area contributed by atoms with Gasteiger partial charge in [-0.05, 0) is 44.4 Å². The Morgan fingerprint density at radius 1 is 1.19 bits per heavy atom. The third-order valence-corrected chi connectivity index (χ3v) is 2.49. The van der Waals surface area contributed by atoms with Crippen LogP contribution in [0.2, 0.25) is 0 Å². The zero-order valence-corrected chi connectivity index (χ0v) is 10.2. The average Bonchev–Trinajstić information content (AvgIpc) is 2.16. The molecule has 0 aromatic carbocycles. The van der Waals surface area contributed by atoms with E-state index in [1.807, 2.05) is 26.0 Å². The SMILES string of the molecule is C=C(C)CC(N)(CC(=C)C)c1ccncc1. The molecule has 0 atom stereocenters. The van der Waals surface area contributed by atoms with Crippen molar-refractivity contribution in [1.29, 1.82) is 0 Å². The van der Waals surface area contributed by atoms with E-state index in [0.717, 1.165) is 29.6 Å². The van der Waals surface area contributed by atoms with Crippen molar-refractivity contribution >= 4 is 0 Å². The predicted octanol–water partition coefficient (Wildman–Crippen LogP) is 3.17. The number of hydrogen-bond acceptors (Lipinski definition) is 2. The molecule has 0 amide bonds. The smallest absolute Gasteiger partial charge is 0.0485 e. The lowest BCUT2D eigenvalue weighted by Crippen LogP contribution is -2.37. The average molecular weight is 216 g/mol. The maximum Gasteiger partial charge on any atom is 0.0485 e. The molecule has 0 radical (unpaired) electrons. The van der Waals surface area contributed by atoms with Crippen molar-refractivity contribution in [1.82, 2.24) is 4.98 Å². The Morgan fingerprint density at radius 3 is 2.00 bits per heavy atom. The lowest BCUT2D eigenvalue weighted by Gasteiger charge is -2.30. The van der Waals surface area contributed by atoms with Crippen molar-refractivity contribution in [2.24, 2.45) is 5.73 Å². The quantitative estimate of drug-likeness (QED) is 0.768. The first-order chi connectivity index (χ1) is 7.44. The Morgan fingerprint density at radius 2 is 1.62 bits per heavy atom. The van der Waals surface area contributed by atoms with Crippen molar-refractivity contribution in [3.8, 4) is 0 Å². The molecule has 1 heterocycles. The molecular weight excluding hydrogens is 196 g/mol. The molecule has 0 saturated carbocycles. The molecule has 0 aliphatic carbocycles. The number of rotatable bonds is 5. The summed E-state index contributed by atoms with van der Waals surface area (Å²) in [6.07, 6.45) is 5.08. The fourth-order valence-corrected chi connectivity index (χ4v) is 2.03. The second-order valence-corrected chi connectivity index (χ2v) is 4.66. The van der Waals surface area contributed by atoms with E-state index in [2.05, 4.69) is 18.1 Å². The number of nitrogens with two attached hydrogens (primary N) is 1. The van der Waals surface area contributed by atoms with Crippen LogP contribution >= 0.6 is 0 Å². The van der Waals surface area contributed by atoms with Crippen molar-refractivity contribution in [2.75, 3.05) is 0 Å². The van der Waals surface area contributed by atoms with Crippen molar-refractivity contribution in [2.45, 2.75) is 32.2 Å². The van der Waals surface area contributed by atoms with E-state index < -0.39 is 5.54 Å². The number of pyridine rings is 1. The van der Waals surface area contributed by atoms with Crippen LogP contribution in [0.15, 0.2) is 48.8 Å². The molecule has 0 saturated heterocycles. The summed E-state index contributed by atoms with van der Waals surface area (Å²) >= 11 is 0. The van der Waals surface area contributed by atoms with Gasteiger partial charge in [0.1, 0.15) is 0 Å². The molecule has 1 aromatic rings. The first-order valence-electron chi connectivity index (χ1n) is 5.42. The fourth-order valence-electron chi connectivity index (χ4n) is 2.03. The minimum atomic E-state index is -0.402. The standard InChI is InChI=1S/C14H20N2/c1-11(2)9-14(15,10-12(3)4)13-5-7-16-8-6-13/h5-8H,1,3,9-10,15H2,2,4H3. The van der Waals surface area contributed by atoms with Crippen LogP contribution in [-0.2, 0) is 5.54 Å². The highest BCUT2D eigenvalue weighted by molar-refractivity contribution is 5.25. The highest BCUT2D eigenvalue weighted by Crippen LogP contribution is 2.30. The maximum absolute atomic E-state index is 6.47. The van der Waals surface area contributed by atoms with E-state index in [1.54, 1.807) is 12.4 Å². The van der Waals surface area contributed by atoms with Gasteiger partial charge in [-0.3, -0.25) is 4.98 Å². The minimum Gasteiger partial charge on any atom is -0.321 e. The summed E-state index contributed by atoms with van der Waals surface area (Å²) in [5, 5.41) is 0. The lowest BCUT2D eigenvalue weighted by molar-refractivity contribution is 0.435. The first-order valence-corrected chi connectivity index (χ1v) is 5.42. The third kappa shape index (κ3) is 3.31. The molecule has 2 N–H and O–H groups in total. The molecule has 1 rings (SSSR count). The van der Waals surface area contributed by atoms with Crippen molar-refractivity contribution < 1.29 is 0 Å². The van der Waals surface area contributed by atoms with Crippen molar-refractivity contribution in [3.63, 3.8) is 0 Å². The zero-order valence-electron chi connectivity index (χ0n) is 10.2. The van der Waals surface area contributed by atoms with Crippen LogP contribution in [0, 0.1) is 0 Å². The highest BCUT2D eigenvalue weighted by Gasteiger charge is 2.27. The van der Waals surface area contributed by atoms with Gasteiger partial charge >= 0.3 is 0 Å². The van der Waals surface area contributed by atoms with E-state index in [4.69, 9.17) is 5.73 Å². The number of hydrogen-bond donors (Lipinski definition) is 1. The van der Waals surface area contributed by atoms with Crippen LogP contribution in [0.3, 0.4) is 0 Å². The molecule has 1 aromatic heterocycles. The molecule has 2 heteroatoms. The lowest BCUT2D eigenvalue weighted by atomic mass is 9.81. The van der Waals surface area contributed by atoms with E-state index in [9.17, 15) is 0 Å². The second-order valence-electron chi connectivity index (χ2n) is 4.66. The van der Waals surface area contributed by atoms with E-state index in [0.29, 0.717) is 0 Å². The summed E-state index contributed by atoms with van der Waals surface area (Å²) in [5.41, 5.74) is 9.33. The molecule has 0 bridgehead atoms. The van der Waals surface area contributed by atoms with Gasteiger partial charge < -0.3 is 5.73 Å². The van der Waals surface area contributed by atoms with Crippen LogP contribution < -0.4 is 5.73 Å². The molecule has 0 aliphatic heterocycles. The highest BCUT2D eigenvalue weighted by atomic mass is 14.7. The topological polar surface area (TPSA) is 38.9 Å². The Hall–Kier alpha value is -1.41. The Bertz CT molecular complexity index is 363. The fraction of sp³-hybridized carbons (Fsp3) is 0.357. The van der Waals surface area contributed by atoms with E-state index in [1.165, 1.54) is 0 Å². The first kappa shape index (κ1) is 12.7. The second kappa shape index (κ2) is 5.08. The Kier molecular flexibility index (Phi) is 4.02. The molecule has 16 heavy (non-hydrogen) atoms. The molecule has 0 unspecified atom stereocenters. The Balaban J connectivity index is 3.04. The summed E-state index contributed by atoms with van der Waals surface area (Å²) in [6, 6.07) is 3.93. The maximum atomic E-state index is 6.47. The monoisotopic (exact) mass is 216 g/mol. The molecule has 0 fully saturated rings. The van der Waals surface area contributed by atoms with Crippen LogP contribution in [0.4, 0.5) is 0 Å². The minimum absolute atomic E-state index is 0.402. The van der Waals surface area contributed by atoms with Crippen LogP contribution in [0.5, 0.6) is 0 Å². The van der Waals surface area contributed by atoms with Gasteiger partial charge in [0.15, 0.2) is 0 Å². The van der Waals surface area contributed by atoms with Gasteiger partial charge in [-0.15, -0.1) is 13.2 Å². The number of aromatic nitrogens is 1. The van der Waals surface area contributed by atoms with Gasteiger partial charge in [-0.2, -0.15) is 0 Å². The molecule has 0 aliphatic rings. The molecule has 86 valence electrons. The summed E-state index contributed by atoms with van der Waals surface area (Å²) < 4.78 is 0. The van der Waals surface area contributed by atoms with Crippen molar-refractivity contribution in [3.05, 3.63) is 54.4 Å². The van der Waals surface area contributed by atoms with Gasteiger partial charge in [0.05, 0.1) is 0 Å². The van der Waals surface area contributed by atoms with Gasteiger partial charge in [0.2, 0.25) is 0 Å². The van der Waals surface area contributed by atoms with Gasteiger partial charge in [0, 0.05) is 17.9 Å². The summed E-state index contributed by atoms with van der Waals surface area (Å²) in [7, 11) is 0. The largest absolute Gasteiger partial charge is 0.321 e. The summed E-state index contributed by atoms with van der Waals surface area (Å²) in [6.45, 7) is 11.9. The molecule has 0 spiro atoms. The zero-order chi connectivity index (χ0) is 12.2. The number of nitrogens with zero attached hydrogens (tertiary/aromatic N) is 1. The van der Waals surface area contributed by atoms with E-state index in [-0.39, 0.29) is 0 Å². The summed E-state index contributed by atoms with van der Waals surface area (Å²) in [5.74, 6) is 0. The van der Waals surface area contributed by atoms with Crippen LogP contribution in [-0.4, -0.2) is 4.98 Å². The van der Waals surface area contributed by atoms with Gasteiger partial charge in [0.25, 0.3) is 0 Å². The van der Waals surface area contributed by atoms with Crippen LogP contribution in [0.25, 0.3) is 0 Å². The van der Waals surface area contributed by atoms with Gasteiger partial charge in [-0.1, -0.05) is 11.1 Å². The summed E-state index contributed by atoms with van der Waals surface area (Å²) in [4.78, 5) is 4.02. The van der Waals surface area contributed by atoms with E-state index >= 15 is 0 Å². The van der Waals surface area contributed by atoms with Crippen LogP contribution in [0.1, 0.15) is 32.3 Å². The molecule has 2 nitrogen and oxygen atoms in total. The molecular formula is C14H20N2.